The highest BCUT2D eigenvalue weighted by Crippen LogP contribution is 2.18. The molecule has 25 heavy (non-hydrogen) atoms. The summed E-state index contributed by atoms with van der Waals surface area (Å²) >= 11 is 0. The Morgan fingerprint density at radius 3 is 1.16 bits per heavy atom. The molecule has 1 heterocycles. The molecule has 0 saturated carbocycles. The molecule has 0 spiro atoms. The molecule has 150 valence electrons. The fraction of sp³-hybridized carbons (Fsp3) is 1.00. The van der Waals surface area contributed by atoms with Crippen molar-refractivity contribution < 1.29 is 4.48 Å². The number of hydrogen-bond donors (Lipinski definition) is 0. The van der Waals surface area contributed by atoms with Crippen LogP contribution < -0.4 is 0 Å². The lowest BCUT2D eigenvalue weighted by Gasteiger charge is -2.29. The van der Waals surface area contributed by atoms with Crippen LogP contribution in [-0.4, -0.2) is 31.2 Å². The second kappa shape index (κ2) is 16.2. The molecule has 1 aliphatic rings. The Kier molecular flexibility index (Phi) is 14.9. The van der Waals surface area contributed by atoms with Crippen LogP contribution >= 0.6 is 0 Å². The minimum Gasteiger partial charge on any atom is -0.326 e. The molecule has 1 fully saturated rings. The van der Waals surface area contributed by atoms with Gasteiger partial charge in [0, 0.05) is 12.8 Å². The first-order valence-corrected chi connectivity index (χ1v) is 12.1. The fourth-order valence-corrected chi connectivity index (χ4v) is 4.54. The molecule has 1 heteroatoms. The van der Waals surface area contributed by atoms with Crippen LogP contribution in [-0.2, 0) is 0 Å². The Labute approximate surface area is 160 Å². The minimum atomic E-state index is 1.37. The van der Waals surface area contributed by atoms with Gasteiger partial charge in [-0.3, -0.25) is 0 Å². The molecule has 0 aromatic carbocycles. The molecule has 1 rings (SSSR count). The summed E-state index contributed by atoms with van der Waals surface area (Å²) in [7, 11) is 2.47. The third-order valence-electron chi connectivity index (χ3n) is 6.45. The van der Waals surface area contributed by atoms with Gasteiger partial charge in [0.05, 0.1) is 26.7 Å². The zero-order valence-electron chi connectivity index (χ0n) is 18.0. The van der Waals surface area contributed by atoms with Crippen LogP contribution in [0.3, 0.4) is 0 Å². The van der Waals surface area contributed by atoms with Gasteiger partial charge in [-0.25, -0.2) is 0 Å². The van der Waals surface area contributed by atoms with E-state index < -0.39 is 0 Å². The third-order valence-corrected chi connectivity index (χ3v) is 6.45. The van der Waals surface area contributed by atoms with Crippen molar-refractivity contribution >= 4 is 0 Å². The Hall–Kier alpha value is -0.0400. The van der Waals surface area contributed by atoms with Crippen molar-refractivity contribution in [3.8, 4) is 0 Å². The van der Waals surface area contributed by atoms with Crippen LogP contribution in [0.1, 0.15) is 129 Å². The number of nitrogens with zero attached hydrogens (tertiary/aromatic N) is 1. The molecule has 0 atom stereocenters. The topological polar surface area (TPSA) is 0 Å². The van der Waals surface area contributed by atoms with Gasteiger partial charge in [0.1, 0.15) is 0 Å². The highest BCUT2D eigenvalue weighted by atomic mass is 15.3. The Bertz CT molecular complexity index is 267. The highest BCUT2D eigenvalue weighted by Gasteiger charge is 2.25. The van der Waals surface area contributed by atoms with E-state index in [1.54, 1.807) is 0 Å². The van der Waals surface area contributed by atoms with Crippen molar-refractivity contribution in [3.63, 3.8) is 0 Å². The summed E-state index contributed by atoms with van der Waals surface area (Å²) in [6.45, 7) is 6.63. The van der Waals surface area contributed by atoms with Crippen LogP contribution in [0, 0.1) is 0 Å². The lowest BCUT2D eigenvalue weighted by Crippen LogP contribution is -2.41. The Balaban J connectivity index is 1.68. The normalized spacial score (nSPS) is 16.6. The number of unbranched alkanes of at least 4 members (excludes halogenated alkanes) is 16. The second-order valence-corrected chi connectivity index (χ2v) is 9.15. The van der Waals surface area contributed by atoms with Crippen molar-refractivity contribution in [2.24, 2.45) is 0 Å². The number of hydrogen-bond acceptors (Lipinski definition) is 0. The number of rotatable bonds is 18. The van der Waals surface area contributed by atoms with E-state index in [0.29, 0.717) is 0 Å². The molecular formula is C24H50N+. The monoisotopic (exact) mass is 352 g/mol. The van der Waals surface area contributed by atoms with E-state index in [1.165, 1.54) is 146 Å². The summed E-state index contributed by atoms with van der Waals surface area (Å²) in [6.07, 6.45) is 28.0. The third kappa shape index (κ3) is 13.8. The van der Waals surface area contributed by atoms with E-state index in [2.05, 4.69) is 14.0 Å². The number of likely N-dealkylation sites (tertiary alicyclic amines) is 1. The van der Waals surface area contributed by atoms with E-state index in [1.807, 2.05) is 0 Å². The predicted octanol–water partition coefficient (Wildman–Crippen LogP) is 7.88. The fourth-order valence-electron chi connectivity index (χ4n) is 4.54. The van der Waals surface area contributed by atoms with E-state index in [4.69, 9.17) is 0 Å². The average Bonchev–Trinajstić information content (AvgIpc) is 3.04. The van der Waals surface area contributed by atoms with Crippen molar-refractivity contribution in [2.45, 2.75) is 129 Å². The predicted molar refractivity (Wildman–Crippen MR) is 114 cm³/mol. The Morgan fingerprint density at radius 2 is 0.800 bits per heavy atom. The highest BCUT2D eigenvalue weighted by molar-refractivity contribution is 4.53. The van der Waals surface area contributed by atoms with Crippen molar-refractivity contribution in [1.29, 1.82) is 0 Å². The first kappa shape index (κ1) is 23.0. The SMILES string of the molecule is CCCCCCCCCCCCCCCCCCC[N+]1(C)CCCC1. The van der Waals surface area contributed by atoms with Crippen LogP contribution in [0.5, 0.6) is 0 Å². The van der Waals surface area contributed by atoms with Crippen molar-refractivity contribution in [2.75, 3.05) is 26.7 Å². The lowest BCUT2D eigenvalue weighted by molar-refractivity contribution is -0.897. The van der Waals surface area contributed by atoms with E-state index in [-0.39, 0.29) is 0 Å². The first-order valence-electron chi connectivity index (χ1n) is 12.1. The van der Waals surface area contributed by atoms with Gasteiger partial charge in [0.25, 0.3) is 0 Å². The molecule has 0 bridgehead atoms. The van der Waals surface area contributed by atoms with Crippen molar-refractivity contribution in [3.05, 3.63) is 0 Å². The molecule has 0 N–H and O–H groups in total. The molecule has 1 aliphatic heterocycles. The van der Waals surface area contributed by atoms with E-state index in [0.717, 1.165) is 0 Å². The molecule has 0 aliphatic carbocycles. The van der Waals surface area contributed by atoms with Gasteiger partial charge in [-0.1, -0.05) is 103 Å². The Morgan fingerprint density at radius 1 is 0.480 bits per heavy atom. The van der Waals surface area contributed by atoms with Gasteiger partial charge < -0.3 is 4.48 Å². The van der Waals surface area contributed by atoms with E-state index in [9.17, 15) is 0 Å². The van der Waals surface area contributed by atoms with Gasteiger partial charge in [-0.2, -0.15) is 0 Å². The van der Waals surface area contributed by atoms with Gasteiger partial charge in [0.2, 0.25) is 0 Å². The molecule has 0 radical (unpaired) electrons. The van der Waals surface area contributed by atoms with Gasteiger partial charge in [-0.15, -0.1) is 0 Å². The quantitative estimate of drug-likeness (QED) is 0.174. The maximum absolute atomic E-state index is 2.47. The summed E-state index contributed by atoms with van der Waals surface area (Å²) in [4.78, 5) is 0. The maximum atomic E-state index is 2.47. The molecule has 0 amide bonds. The zero-order valence-corrected chi connectivity index (χ0v) is 18.0. The van der Waals surface area contributed by atoms with Gasteiger partial charge in [-0.05, 0) is 12.8 Å². The zero-order chi connectivity index (χ0) is 18.1. The molecule has 1 nitrogen and oxygen atoms in total. The first-order chi connectivity index (χ1) is 12.3. The summed E-state index contributed by atoms with van der Waals surface area (Å²) in [5.74, 6) is 0. The summed E-state index contributed by atoms with van der Waals surface area (Å²) in [5, 5.41) is 0. The average molecular weight is 353 g/mol. The summed E-state index contributed by atoms with van der Waals surface area (Å²) < 4.78 is 1.37. The standard InChI is InChI=1S/C24H50N/c1-3-4-5-6-7-8-9-10-11-12-13-14-15-16-17-18-19-22-25(2)23-20-21-24-25/h3-24H2,1-2H3/q+1. The summed E-state index contributed by atoms with van der Waals surface area (Å²) in [5.41, 5.74) is 0. The molecule has 0 aromatic rings. The minimum absolute atomic E-state index is 1.37. The molecule has 0 aromatic heterocycles. The molecule has 0 unspecified atom stereocenters. The van der Waals surface area contributed by atoms with Crippen molar-refractivity contribution in [1.82, 2.24) is 0 Å². The van der Waals surface area contributed by atoms with Gasteiger partial charge >= 0.3 is 0 Å². The van der Waals surface area contributed by atoms with Crippen LogP contribution in [0.25, 0.3) is 0 Å². The van der Waals surface area contributed by atoms with Crippen LogP contribution in [0.15, 0.2) is 0 Å². The summed E-state index contributed by atoms with van der Waals surface area (Å²) in [6, 6.07) is 0. The molecular weight excluding hydrogens is 302 g/mol. The van der Waals surface area contributed by atoms with Crippen LogP contribution in [0.4, 0.5) is 0 Å². The van der Waals surface area contributed by atoms with E-state index >= 15 is 0 Å². The maximum Gasteiger partial charge on any atom is 0.0786 e. The van der Waals surface area contributed by atoms with Crippen LogP contribution in [0.2, 0.25) is 0 Å². The molecule has 1 saturated heterocycles. The largest absolute Gasteiger partial charge is 0.326 e. The number of quaternary nitrogens is 1. The van der Waals surface area contributed by atoms with Gasteiger partial charge in [0.15, 0.2) is 0 Å². The second-order valence-electron chi connectivity index (χ2n) is 9.15. The lowest BCUT2D eigenvalue weighted by atomic mass is 10.0. The smallest absolute Gasteiger partial charge is 0.0786 e.